The molecule has 0 saturated heterocycles. The van der Waals surface area contributed by atoms with Gasteiger partial charge in [0, 0.05) is 36.7 Å². The fraction of sp³-hybridized carbons (Fsp3) is 0.552. The normalized spacial score (nSPS) is 19.5. The van der Waals surface area contributed by atoms with Gasteiger partial charge in [0.05, 0.1) is 0 Å². The summed E-state index contributed by atoms with van der Waals surface area (Å²) in [6.07, 6.45) is 6.22. The van der Waals surface area contributed by atoms with Gasteiger partial charge in [-0.1, -0.05) is 49.7 Å². The van der Waals surface area contributed by atoms with E-state index >= 15 is 0 Å². The zero-order valence-electron chi connectivity index (χ0n) is 21.9. The fourth-order valence-electron chi connectivity index (χ4n) is 4.94. The lowest BCUT2D eigenvalue weighted by molar-refractivity contribution is 0.130. The second kappa shape index (κ2) is 14.1. The summed E-state index contributed by atoms with van der Waals surface area (Å²) in [7, 11) is 1.85. The molecule has 1 aliphatic rings. The van der Waals surface area contributed by atoms with E-state index in [-0.39, 0.29) is 24.5 Å². The standard InChI is InChI=1S/C29H41ClN2O2.ClH/c1-6-21(3)32(22(4)7-2)20-23-8-10-24(11-9-23)25-12-16-27(17-13-25)31(5)29(33)34-28-18-14-26(30)15-19-28;/h8-11,14-15,18-19,21-22,25,27H,6-7,12-13,16-17,20H2,1-5H3;1H. The highest BCUT2D eigenvalue weighted by molar-refractivity contribution is 6.30. The Morgan fingerprint density at radius 2 is 1.49 bits per heavy atom. The van der Waals surface area contributed by atoms with E-state index in [1.807, 2.05) is 7.05 Å². The van der Waals surface area contributed by atoms with Gasteiger partial charge >= 0.3 is 6.09 Å². The summed E-state index contributed by atoms with van der Waals surface area (Å²) < 4.78 is 5.51. The molecule has 0 bridgehead atoms. The van der Waals surface area contributed by atoms with Gasteiger partial charge in [-0.15, -0.1) is 12.4 Å². The van der Waals surface area contributed by atoms with Crippen molar-refractivity contribution < 1.29 is 9.53 Å². The first-order valence-electron chi connectivity index (χ1n) is 12.9. The van der Waals surface area contributed by atoms with Gasteiger partial charge in [0.25, 0.3) is 0 Å². The van der Waals surface area contributed by atoms with Gasteiger partial charge in [0.2, 0.25) is 0 Å². The van der Waals surface area contributed by atoms with Crippen LogP contribution in [-0.2, 0) is 6.54 Å². The molecule has 1 fully saturated rings. The highest BCUT2D eigenvalue weighted by Gasteiger charge is 2.28. The van der Waals surface area contributed by atoms with Crippen LogP contribution in [0.4, 0.5) is 4.79 Å². The fourth-order valence-corrected chi connectivity index (χ4v) is 5.07. The van der Waals surface area contributed by atoms with E-state index in [4.69, 9.17) is 16.3 Å². The summed E-state index contributed by atoms with van der Waals surface area (Å²) >= 11 is 5.91. The summed E-state index contributed by atoms with van der Waals surface area (Å²) in [5.41, 5.74) is 2.81. The third-order valence-corrected chi connectivity index (χ3v) is 7.93. The van der Waals surface area contributed by atoms with Crippen molar-refractivity contribution in [3.63, 3.8) is 0 Å². The molecule has 0 heterocycles. The Morgan fingerprint density at radius 3 is 2.00 bits per heavy atom. The minimum Gasteiger partial charge on any atom is -0.410 e. The van der Waals surface area contributed by atoms with E-state index < -0.39 is 0 Å². The predicted octanol–water partition coefficient (Wildman–Crippen LogP) is 8.32. The van der Waals surface area contributed by atoms with E-state index in [0.29, 0.717) is 28.8 Å². The average molecular weight is 522 g/mol. The Hall–Kier alpha value is -1.75. The van der Waals surface area contributed by atoms with Gasteiger partial charge in [-0.3, -0.25) is 4.90 Å². The smallest absolute Gasteiger partial charge is 0.410 e. The number of carbonyl (C=O) groups excluding carboxylic acids is 1. The van der Waals surface area contributed by atoms with Crippen molar-refractivity contribution in [3.05, 3.63) is 64.7 Å². The molecule has 6 heteroatoms. The summed E-state index contributed by atoms with van der Waals surface area (Å²) in [6, 6.07) is 17.6. The molecule has 4 nitrogen and oxygen atoms in total. The minimum absolute atomic E-state index is 0. The molecule has 194 valence electrons. The molecule has 1 saturated carbocycles. The van der Waals surface area contributed by atoms with Crippen molar-refractivity contribution in [1.82, 2.24) is 9.80 Å². The highest BCUT2D eigenvalue weighted by Crippen LogP contribution is 2.35. The first kappa shape index (κ1) is 29.5. The van der Waals surface area contributed by atoms with Crippen LogP contribution in [0.2, 0.25) is 5.02 Å². The van der Waals surface area contributed by atoms with E-state index in [1.54, 1.807) is 29.2 Å². The van der Waals surface area contributed by atoms with Crippen LogP contribution in [0.3, 0.4) is 0 Å². The van der Waals surface area contributed by atoms with E-state index in [2.05, 4.69) is 56.9 Å². The van der Waals surface area contributed by atoms with Crippen molar-refractivity contribution in [3.8, 4) is 5.75 Å². The zero-order chi connectivity index (χ0) is 24.7. The number of rotatable bonds is 9. The van der Waals surface area contributed by atoms with Gasteiger partial charge in [-0.25, -0.2) is 4.79 Å². The van der Waals surface area contributed by atoms with Gasteiger partial charge in [-0.05, 0) is 93.7 Å². The van der Waals surface area contributed by atoms with Gasteiger partial charge in [0.1, 0.15) is 5.75 Å². The van der Waals surface area contributed by atoms with E-state index in [9.17, 15) is 4.79 Å². The second-order valence-corrected chi connectivity index (χ2v) is 10.3. The quantitative estimate of drug-likeness (QED) is 0.333. The monoisotopic (exact) mass is 520 g/mol. The summed E-state index contributed by atoms with van der Waals surface area (Å²) in [5.74, 6) is 1.08. The Labute approximate surface area is 223 Å². The molecule has 35 heavy (non-hydrogen) atoms. The van der Waals surface area contributed by atoms with Crippen LogP contribution >= 0.6 is 24.0 Å². The molecule has 2 aromatic carbocycles. The molecular formula is C29H42Cl2N2O2. The molecule has 0 aromatic heterocycles. The van der Waals surface area contributed by atoms with E-state index in [1.165, 1.54) is 24.0 Å². The molecule has 0 N–H and O–H groups in total. The van der Waals surface area contributed by atoms with Gasteiger partial charge in [-0.2, -0.15) is 0 Å². The maximum Gasteiger partial charge on any atom is 0.415 e. The predicted molar refractivity (Wildman–Crippen MR) is 149 cm³/mol. The van der Waals surface area contributed by atoms with Crippen molar-refractivity contribution in [2.45, 2.75) is 96.8 Å². The number of ether oxygens (including phenoxy) is 1. The Balaban J connectivity index is 0.00000432. The summed E-state index contributed by atoms with van der Waals surface area (Å²) in [6.45, 7) is 10.2. The number of halogens is 2. The minimum atomic E-state index is -0.303. The number of hydrogen-bond donors (Lipinski definition) is 0. The van der Waals surface area contributed by atoms with Crippen molar-refractivity contribution >= 4 is 30.1 Å². The van der Waals surface area contributed by atoms with Crippen LogP contribution in [0.15, 0.2) is 48.5 Å². The summed E-state index contributed by atoms with van der Waals surface area (Å²) in [5, 5.41) is 0.628. The zero-order valence-corrected chi connectivity index (χ0v) is 23.4. The molecular weight excluding hydrogens is 479 g/mol. The molecule has 1 aliphatic carbocycles. The van der Waals surface area contributed by atoms with Crippen LogP contribution < -0.4 is 4.74 Å². The number of amides is 1. The maximum atomic E-state index is 12.6. The number of hydrogen-bond acceptors (Lipinski definition) is 3. The topological polar surface area (TPSA) is 32.8 Å². The molecule has 2 atom stereocenters. The first-order chi connectivity index (χ1) is 16.3. The van der Waals surface area contributed by atoms with Crippen molar-refractivity contribution in [2.24, 2.45) is 0 Å². The molecule has 1 amide bonds. The second-order valence-electron chi connectivity index (χ2n) is 9.87. The molecule has 2 aromatic rings. The number of carbonyl (C=O) groups is 1. The van der Waals surface area contributed by atoms with Crippen LogP contribution in [0.5, 0.6) is 5.75 Å². The lowest BCUT2D eigenvalue weighted by Crippen LogP contribution is -2.40. The third-order valence-electron chi connectivity index (χ3n) is 7.68. The largest absolute Gasteiger partial charge is 0.415 e. The Morgan fingerprint density at radius 1 is 0.943 bits per heavy atom. The van der Waals surface area contributed by atoms with E-state index in [0.717, 1.165) is 32.2 Å². The Kier molecular flexibility index (Phi) is 11.9. The molecule has 0 radical (unpaired) electrons. The molecule has 0 aliphatic heterocycles. The van der Waals surface area contributed by atoms with Crippen molar-refractivity contribution in [1.29, 1.82) is 0 Å². The first-order valence-corrected chi connectivity index (χ1v) is 13.2. The van der Waals surface area contributed by atoms with Crippen LogP contribution in [0.25, 0.3) is 0 Å². The van der Waals surface area contributed by atoms with Crippen LogP contribution in [0, 0.1) is 0 Å². The number of benzene rings is 2. The van der Waals surface area contributed by atoms with Crippen LogP contribution in [0.1, 0.15) is 83.3 Å². The van der Waals surface area contributed by atoms with Gasteiger partial charge < -0.3 is 9.64 Å². The van der Waals surface area contributed by atoms with Crippen LogP contribution in [-0.4, -0.2) is 41.1 Å². The molecule has 2 unspecified atom stereocenters. The molecule has 3 rings (SSSR count). The summed E-state index contributed by atoms with van der Waals surface area (Å²) in [4.78, 5) is 17.0. The average Bonchev–Trinajstić information content (AvgIpc) is 2.87. The number of nitrogens with zero attached hydrogens (tertiary/aromatic N) is 2. The lowest BCUT2D eigenvalue weighted by atomic mass is 9.81. The Bertz CT molecular complexity index is 886. The van der Waals surface area contributed by atoms with Crippen molar-refractivity contribution in [2.75, 3.05) is 7.05 Å². The molecule has 0 spiro atoms. The third kappa shape index (κ3) is 8.13. The SMILES string of the molecule is CCC(C)N(Cc1ccc(C2CCC(N(C)C(=O)Oc3ccc(Cl)cc3)CC2)cc1)C(C)CC.Cl. The lowest BCUT2D eigenvalue weighted by Gasteiger charge is -2.35. The van der Waals surface area contributed by atoms with Gasteiger partial charge in [0.15, 0.2) is 0 Å². The highest BCUT2D eigenvalue weighted by atomic mass is 35.5. The maximum absolute atomic E-state index is 12.6.